The summed E-state index contributed by atoms with van der Waals surface area (Å²) in [5.41, 5.74) is 0.445. The van der Waals surface area contributed by atoms with E-state index in [4.69, 9.17) is 4.74 Å². The topological polar surface area (TPSA) is 62.1 Å². The van der Waals surface area contributed by atoms with Gasteiger partial charge >= 0.3 is 0 Å². The number of hydrogen-bond donors (Lipinski definition) is 1. The lowest BCUT2D eigenvalue weighted by Crippen LogP contribution is -2.47. The van der Waals surface area contributed by atoms with Crippen molar-refractivity contribution in [3.05, 3.63) is 29.8 Å². The second kappa shape index (κ2) is 7.37. The van der Waals surface area contributed by atoms with E-state index >= 15 is 0 Å². The Balaban J connectivity index is 1.82. The van der Waals surface area contributed by atoms with Crippen LogP contribution in [0.2, 0.25) is 0 Å². The van der Waals surface area contributed by atoms with Gasteiger partial charge in [-0.25, -0.2) is 0 Å². The highest BCUT2D eigenvalue weighted by Crippen LogP contribution is 2.27. The van der Waals surface area contributed by atoms with Gasteiger partial charge in [0.1, 0.15) is 11.3 Å². The van der Waals surface area contributed by atoms with Crippen molar-refractivity contribution in [2.45, 2.75) is 31.7 Å². The molecule has 1 aromatic rings. The Morgan fingerprint density at radius 2 is 2.24 bits per heavy atom. The number of aryl methyl sites for hydroxylation is 1. The Morgan fingerprint density at radius 1 is 1.48 bits per heavy atom. The van der Waals surface area contributed by atoms with Crippen molar-refractivity contribution in [1.29, 1.82) is 5.26 Å². The van der Waals surface area contributed by atoms with E-state index in [9.17, 15) is 10.1 Å². The number of amides is 1. The highest BCUT2D eigenvalue weighted by atomic mass is 32.2. The quantitative estimate of drug-likeness (QED) is 0.877. The summed E-state index contributed by atoms with van der Waals surface area (Å²) in [6.45, 7) is 2.60. The maximum atomic E-state index is 12.0. The maximum Gasteiger partial charge on any atom is 0.221 e. The van der Waals surface area contributed by atoms with E-state index in [0.717, 1.165) is 23.5 Å². The van der Waals surface area contributed by atoms with Crippen LogP contribution >= 0.6 is 11.8 Å². The molecule has 0 unspecified atom stereocenters. The number of thioether (sulfide) groups is 1. The fraction of sp³-hybridized carbons (Fsp3) is 0.500. The van der Waals surface area contributed by atoms with Crippen LogP contribution in [0.4, 0.5) is 0 Å². The molecule has 21 heavy (non-hydrogen) atoms. The molecular weight excluding hydrogens is 284 g/mol. The Bertz CT molecular complexity index is 516. The second-order valence-corrected chi connectivity index (χ2v) is 6.23. The SMILES string of the molecule is CCOc1ccc(CCC(=O)N[C@@]2(C#N)CCSC2)cc1. The normalized spacial score (nSPS) is 20.8. The monoisotopic (exact) mass is 304 g/mol. The van der Waals surface area contributed by atoms with Crippen LogP contribution in [-0.2, 0) is 11.2 Å². The third kappa shape index (κ3) is 4.40. The van der Waals surface area contributed by atoms with Crippen molar-refractivity contribution in [2.75, 3.05) is 18.1 Å². The van der Waals surface area contributed by atoms with Crippen molar-refractivity contribution < 1.29 is 9.53 Å². The summed E-state index contributed by atoms with van der Waals surface area (Å²) in [4.78, 5) is 12.0. The Hall–Kier alpha value is -1.67. The van der Waals surface area contributed by atoms with Crippen molar-refractivity contribution in [3.63, 3.8) is 0 Å². The molecule has 1 aromatic carbocycles. The molecule has 0 radical (unpaired) electrons. The van der Waals surface area contributed by atoms with E-state index in [1.807, 2.05) is 31.2 Å². The van der Waals surface area contributed by atoms with Crippen molar-refractivity contribution in [3.8, 4) is 11.8 Å². The number of nitriles is 1. The van der Waals surface area contributed by atoms with Gasteiger partial charge in [-0.1, -0.05) is 12.1 Å². The van der Waals surface area contributed by atoms with E-state index in [1.54, 1.807) is 11.8 Å². The van der Waals surface area contributed by atoms with Gasteiger partial charge in [0.05, 0.1) is 12.7 Å². The van der Waals surface area contributed by atoms with Crippen LogP contribution in [0.1, 0.15) is 25.3 Å². The lowest BCUT2D eigenvalue weighted by atomic mass is 10.0. The molecular formula is C16H20N2O2S. The highest BCUT2D eigenvalue weighted by molar-refractivity contribution is 7.99. The summed E-state index contributed by atoms with van der Waals surface area (Å²) in [7, 11) is 0. The fourth-order valence-electron chi connectivity index (χ4n) is 2.29. The smallest absolute Gasteiger partial charge is 0.221 e. The molecule has 5 heteroatoms. The molecule has 1 aliphatic rings. The summed E-state index contributed by atoms with van der Waals surface area (Å²) in [6.07, 6.45) is 1.82. The van der Waals surface area contributed by atoms with Gasteiger partial charge in [0, 0.05) is 12.2 Å². The fourth-order valence-corrected chi connectivity index (χ4v) is 3.55. The molecule has 1 aliphatic heterocycles. The molecule has 0 aliphatic carbocycles. The zero-order valence-electron chi connectivity index (χ0n) is 12.2. The van der Waals surface area contributed by atoms with Crippen LogP contribution in [-0.4, -0.2) is 29.6 Å². The van der Waals surface area contributed by atoms with E-state index in [2.05, 4.69) is 11.4 Å². The van der Waals surface area contributed by atoms with E-state index in [0.29, 0.717) is 25.2 Å². The minimum atomic E-state index is -0.652. The van der Waals surface area contributed by atoms with Crippen LogP contribution in [0.3, 0.4) is 0 Å². The maximum absolute atomic E-state index is 12.0. The van der Waals surface area contributed by atoms with Crippen LogP contribution in [0.25, 0.3) is 0 Å². The number of carbonyl (C=O) groups excluding carboxylic acids is 1. The molecule has 1 atom stereocenters. The first-order chi connectivity index (χ1) is 10.2. The number of nitrogens with zero attached hydrogens (tertiary/aromatic N) is 1. The molecule has 112 valence electrons. The van der Waals surface area contributed by atoms with Gasteiger partial charge in [-0.3, -0.25) is 4.79 Å². The van der Waals surface area contributed by atoms with Gasteiger partial charge < -0.3 is 10.1 Å². The summed E-state index contributed by atoms with van der Waals surface area (Å²) in [6, 6.07) is 10.0. The molecule has 0 bridgehead atoms. The van der Waals surface area contributed by atoms with Crippen LogP contribution in [0, 0.1) is 11.3 Å². The average Bonchev–Trinajstić information content (AvgIpc) is 2.96. The number of rotatable bonds is 6. The Labute approximate surface area is 129 Å². The third-order valence-electron chi connectivity index (χ3n) is 3.49. The lowest BCUT2D eigenvalue weighted by Gasteiger charge is -2.21. The predicted octanol–water partition coefficient (Wildman–Crippen LogP) is 2.53. The van der Waals surface area contributed by atoms with Crippen molar-refractivity contribution in [2.24, 2.45) is 0 Å². The second-order valence-electron chi connectivity index (χ2n) is 5.12. The van der Waals surface area contributed by atoms with Crippen LogP contribution < -0.4 is 10.1 Å². The summed E-state index contributed by atoms with van der Waals surface area (Å²) in [5, 5.41) is 12.1. The van der Waals surface area contributed by atoms with Gasteiger partial charge in [-0.15, -0.1) is 0 Å². The van der Waals surface area contributed by atoms with E-state index in [-0.39, 0.29) is 5.91 Å². The first-order valence-corrected chi connectivity index (χ1v) is 8.35. The number of hydrogen-bond acceptors (Lipinski definition) is 4. The molecule has 1 heterocycles. The summed E-state index contributed by atoms with van der Waals surface area (Å²) < 4.78 is 5.39. The molecule has 0 saturated carbocycles. The Morgan fingerprint density at radius 3 is 2.81 bits per heavy atom. The largest absolute Gasteiger partial charge is 0.494 e. The molecule has 1 N–H and O–H groups in total. The molecule has 0 spiro atoms. The predicted molar refractivity (Wildman–Crippen MR) is 84.4 cm³/mol. The number of carbonyl (C=O) groups is 1. The summed E-state index contributed by atoms with van der Waals surface area (Å²) in [5.74, 6) is 2.43. The number of ether oxygens (including phenoxy) is 1. The third-order valence-corrected chi connectivity index (χ3v) is 4.68. The van der Waals surface area contributed by atoms with Crippen LogP contribution in [0.5, 0.6) is 5.75 Å². The zero-order chi connectivity index (χ0) is 15.1. The van der Waals surface area contributed by atoms with Crippen molar-refractivity contribution in [1.82, 2.24) is 5.32 Å². The van der Waals surface area contributed by atoms with Gasteiger partial charge in [0.15, 0.2) is 0 Å². The minimum Gasteiger partial charge on any atom is -0.494 e. The molecule has 1 fully saturated rings. The van der Waals surface area contributed by atoms with Gasteiger partial charge in [-0.2, -0.15) is 17.0 Å². The molecule has 2 rings (SSSR count). The minimum absolute atomic E-state index is 0.0482. The van der Waals surface area contributed by atoms with Crippen LogP contribution in [0.15, 0.2) is 24.3 Å². The first kappa shape index (κ1) is 15.7. The first-order valence-electron chi connectivity index (χ1n) is 7.19. The Kier molecular flexibility index (Phi) is 5.51. The molecule has 1 saturated heterocycles. The summed E-state index contributed by atoms with van der Waals surface area (Å²) >= 11 is 1.72. The number of benzene rings is 1. The lowest BCUT2D eigenvalue weighted by molar-refractivity contribution is -0.122. The molecule has 1 amide bonds. The zero-order valence-corrected chi connectivity index (χ0v) is 13.0. The van der Waals surface area contributed by atoms with E-state index < -0.39 is 5.54 Å². The van der Waals surface area contributed by atoms with Crippen molar-refractivity contribution >= 4 is 17.7 Å². The molecule has 0 aromatic heterocycles. The number of nitrogens with one attached hydrogen (secondary N) is 1. The standard InChI is InChI=1S/C16H20N2O2S/c1-2-20-14-6-3-13(4-7-14)5-8-15(19)18-16(11-17)9-10-21-12-16/h3-4,6-7H,2,5,8-10,12H2,1H3,(H,18,19)/t16-/m1/s1. The highest BCUT2D eigenvalue weighted by Gasteiger charge is 2.35. The van der Waals surface area contributed by atoms with E-state index in [1.165, 1.54) is 0 Å². The van der Waals surface area contributed by atoms with Gasteiger partial charge in [0.25, 0.3) is 0 Å². The van der Waals surface area contributed by atoms with Gasteiger partial charge in [-0.05, 0) is 43.2 Å². The molecule has 4 nitrogen and oxygen atoms in total. The van der Waals surface area contributed by atoms with Gasteiger partial charge in [0.2, 0.25) is 5.91 Å². The average molecular weight is 304 g/mol.